The number of ketones is 2. The zero-order valence-corrected chi connectivity index (χ0v) is 37.0. The number of aryl methyl sites for hydroxylation is 1. The number of esters is 1. The molecular formula is C46H53FN6O12. The van der Waals surface area contributed by atoms with Gasteiger partial charge in [-0.05, 0) is 56.4 Å². The van der Waals surface area contributed by atoms with E-state index in [0.717, 1.165) is 4.90 Å². The van der Waals surface area contributed by atoms with Gasteiger partial charge in [-0.15, -0.1) is 0 Å². The molecule has 0 saturated heterocycles. The van der Waals surface area contributed by atoms with Gasteiger partial charge < -0.3 is 35.1 Å². The van der Waals surface area contributed by atoms with E-state index >= 15 is 0 Å². The Morgan fingerprint density at radius 1 is 0.938 bits per heavy atom. The van der Waals surface area contributed by atoms with E-state index in [2.05, 4.69) is 16.0 Å². The number of pyridine rings is 2. The Kier molecular flexibility index (Phi) is 14.9. The quantitative estimate of drug-likeness (QED) is 0.0407. The largest absolute Gasteiger partial charge is 0.458 e. The van der Waals surface area contributed by atoms with Gasteiger partial charge >= 0.3 is 5.97 Å². The number of fused-ring (bicyclic) bond motifs is 5. The molecule has 3 aliphatic rings. The van der Waals surface area contributed by atoms with Gasteiger partial charge in [0, 0.05) is 78.9 Å². The molecule has 5 heterocycles. The highest BCUT2D eigenvalue weighted by Crippen LogP contribution is 2.40. The van der Waals surface area contributed by atoms with E-state index in [1.165, 1.54) is 36.6 Å². The molecule has 19 heteroatoms. The van der Waals surface area contributed by atoms with Crippen LogP contribution in [0.5, 0.6) is 0 Å². The number of aromatic nitrogens is 2. The first-order chi connectivity index (χ1) is 30.8. The second-order valence-electron chi connectivity index (χ2n) is 16.9. The van der Waals surface area contributed by atoms with Crippen molar-refractivity contribution in [2.24, 2.45) is 11.8 Å². The van der Waals surface area contributed by atoms with Gasteiger partial charge in [0.1, 0.15) is 31.5 Å². The predicted octanol–water partition coefficient (Wildman–Crippen LogP) is 2.41. The molecule has 5 amide bonds. The topological polar surface area (TPSA) is 249 Å². The lowest BCUT2D eigenvalue weighted by molar-refractivity contribution is -0.172. The van der Waals surface area contributed by atoms with Gasteiger partial charge in [0.15, 0.2) is 11.4 Å². The molecular weight excluding hydrogens is 848 g/mol. The average Bonchev–Trinajstić information content (AvgIpc) is 3.80. The summed E-state index contributed by atoms with van der Waals surface area (Å²) in [6.45, 7) is 6.90. The molecule has 3 aliphatic heterocycles. The third-order valence-electron chi connectivity index (χ3n) is 12.1. The number of rotatable bonds is 21. The molecule has 1 aromatic carbocycles. The maximum atomic E-state index is 14.8. The van der Waals surface area contributed by atoms with E-state index in [0.29, 0.717) is 52.7 Å². The van der Waals surface area contributed by atoms with Crippen molar-refractivity contribution in [2.75, 3.05) is 19.9 Å². The van der Waals surface area contributed by atoms with Crippen LogP contribution >= 0.6 is 0 Å². The van der Waals surface area contributed by atoms with Crippen molar-refractivity contribution in [1.82, 2.24) is 30.4 Å². The fourth-order valence-corrected chi connectivity index (χ4v) is 8.14. The molecule has 346 valence electrons. The number of amides is 5. The van der Waals surface area contributed by atoms with Crippen LogP contribution in [0.15, 0.2) is 35.1 Å². The first-order valence-corrected chi connectivity index (χ1v) is 21.6. The number of benzene rings is 1. The predicted molar refractivity (Wildman–Crippen MR) is 230 cm³/mol. The van der Waals surface area contributed by atoms with E-state index in [9.17, 15) is 52.6 Å². The summed E-state index contributed by atoms with van der Waals surface area (Å²) in [7, 11) is 0. The van der Waals surface area contributed by atoms with E-state index in [1.807, 2.05) is 0 Å². The summed E-state index contributed by atoms with van der Waals surface area (Å²) in [5.74, 6) is -5.68. The molecule has 0 radical (unpaired) electrons. The maximum Gasteiger partial charge on any atom is 0.343 e. The number of halogens is 1. The average molecular weight is 901 g/mol. The van der Waals surface area contributed by atoms with Gasteiger partial charge in [0.25, 0.3) is 17.4 Å². The Balaban J connectivity index is 0.951. The number of hydrogen-bond donors (Lipinski definition) is 4. The first-order valence-electron chi connectivity index (χ1n) is 21.6. The fraction of sp³-hybridized carbons (Fsp3) is 0.478. The minimum atomic E-state index is -2.04. The highest BCUT2D eigenvalue weighted by Gasteiger charge is 2.45. The lowest BCUT2D eigenvalue weighted by Gasteiger charge is -2.31. The third-order valence-corrected chi connectivity index (χ3v) is 12.1. The highest BCUT2D eigenvalue weighted by molar-refractivity contribution is 6.12. The molecule has 0 fully saturated rings. The second-order valence-corrected chi connectivity index (χ2v) is 16.9. The summed E-state index contributed by atoms with van der Waals surface area (Å²) in [6, 6.07) is 3.48. The van der Waals surface area contributed by atoms with Crippen molar-refractivity contribution in [1.29, 1.82) is 0 Å². The third kappa shape index (κ3) is 10.4. The molecule has 0 aliphatic carbocycles. The van der Waals surface area contributed by atoms with E-state index < -0.39 is 70.9 Å². The van der Waals surface area contributed by atoms with Crippen LogP contribution in [0.4, 0.5) is 4.39 Å². The number of hydrogen-bond acceptors (Lipinski definition) is 13. The maximum absolute atomic E-state index is 14.8. The monoisotopic (exact) mass is 900 g/mol. The van der Waals surface area contributed by atoms with Crippen LogP contribution in [-0.2, 0) is 73.1 Å². The van der Waals surface area contributed by atoms with Crippen LogP contribution in [0, 0.1) is 24.6 Å². The van der Waals surface area contributed by atoms with E-state index in [1.54, 1.807) is 32.9 Å². The fourth-order valence-electron chi connectivity index (χ4n) is 8.14. The number of nitrogens with zero attached hydrogens (tertiary/aromatic N) is 3. The van der Waals surface area contributed by atoms with Crippen LogP contribution in [0.3, 0.4) is 0 Å². The van der Waals surface area contributed by atoms with Gasteiger partial charge in [-0.25, -0.2) is 14.2 Å². The van der Waals surface area contributed by atoms with Gasteiger partial charge in [-0.2, -0.15) is 0 Å². The van der Waals surface area contributed by atoms with Crippen molar-refractivity contribution < 1.29 is 57.3 Å². The summed E-state index contributed by atoms with van der Waals surface area (Å²) < 4.78 is 26.8. The smallest absolute Gasteiger partial charge is 0.343 e. The molecule has 0 spiro atoms. The van der Waals surface area contributed by atoms with Crippen molar-refractivity contribution in [3.8, 4) is 11.4 Å². The van der Waals surface area contributed by atoms with Gasteiger partial charge in [-0.1, -0.05) is 27.2 Å². The zero-order chi connectivity index (χ0) is 47.3. The number of imide groups is 1. The minimum absolute atomic E-state index is 0.0219. The van der Waals surface area contributed by atoms with Crippen molar-refractivity contribution in [2.45, 2.75) is 111 Å². The number of carbonyl (C=O) groups excluding carboxylic acids is 8. The molecule has 0 saturated carbocycles. The van der Waals surface area contributed by atoms with Gasteiger partial charge in [0.05, 0.1) is 35.1 Å². The molecule has 18 nitrogen and oxygen atoms in total. The highest BCUT2D eigenvalue weighted by atomic mass is 19.1. The molecule has 0 unspecified atom stereocenters. The summed E-state index contributed by atoms with van der Waals surface area (Å²) in [5.41, 5.74) is 0.146. The van der Waals surface area contributed by atoms with E-state index in [4.69, 9.17) is 14.5 Å². The van der Waals surface area contributed by atoms with Crippen LogP contribution in [-0.4, -0.2) is 92.6 Å². The number of nitrogens with one attached hydrogen (secondary N) is 3. The summed E-state index contributed by atoms with van der Waals surface area (Å²) in [5, 5.41) is 19.7. The van der Waals surface area contributed by atoms with Crippen molar-refractivity contribution in [3.05, 3.63) is 74.3 Å². The summed E-state index contributed by atoms with van der Waals surface area (Å²) >= 11 is 0. The van der Waals surface area contributed by atoms with Gasteiger partial charge in [0.2, 0.25) is 17.7 Å². The van der Waals surface area contributed by atoms with E-state index in [-0.39, 0.29) is 92.9 Å². The second kappa shape index (κ2) is 20.1. The van der Waals surface area contributed by atoms with Crippen LogP contribution in [0.25, 0.3) is 22.3 Å². The standard InChI is InChI=1S/C46H53FN6O12/c1-6-46(63)33-17-36-41-31(20-53(36)44(61)32(33)21-65-45(46)62)30(29-15-24(2)34(47)18-35(29)51-41)19-48-38(56)22-64-23-49-42(59)26(4)16-37(55)27(5)50-43(60)25(3)14-28(54)10-8-7-9-13-52-39(57)11-12-40(52)58/h11-12,15,17-18,25-27,63H,6-10,13-14,16,19-23H2,1-5H3,(H,48,56)(H,49,59)(H,50,60)/t25-,26-,27-,46+/m1/s1. The normalized spacial score (nSPS) is 17.5. The number of ether oxygens (including phenoxy) is 2. The van der Waals surface area contributed by atoms with Gasteiger partial charge in [-0.3, -0.25) is 43.3 Å². The van der Waals surface area contributed by atoms with Crippen molar-refractivity contribution in [3.63, 3.8) is 0 Å². The Bertz CT molecular complexity index is 2550. The molecule has 0 bridgehead atoms. The summed E-state index contributed by atoms with van der Waals surface area (Å²) in [4.78, 5) is 119. The van der Waals surface area contributed by atoms with Crippen molar-refractivity contribution >= 4 is 58.0 Å². The zero-order valence-electron chi connectivity index (χ0n) is 37.0. The minimum Gasteiger partial charge on any atom is -0.458 e. The van der Waals surface area contributed by atoms with Crippen LogP contribution in [0.2, 0.25) is 0 Å². The number of aliphatic hydroxyl groups is 1. The van der Waals surface area contributed by atoms with Crippen LogP contribution in [0.1, 0.15) is 100 Å². The summed E-state index contributed by atoms with van der Waals surface area (Å²) in [6.07, 6.45) is 4.13. The molecule has 4 atom stereocenters. The number of cyclic esters (lactones) is 1. The van der Waals surface area contributed by atoms with Crippen LogP contribution < -0.4 is 21.5 Å². The molecule has 4 N–H and O–H groups in total. The molecule has 65 heavy (non-hydrogen) atoms. The lowest BCUT2D eigenvalue weighted by Crippen LogP contribution is -2.44. The number of carbonyl (C=O) groups is 8. The Labute approximate surface area is 373 Å². The first kappa shape index (κ1) is 48.0. The molecule has 6 rings (SSSR count). The number of unbranched alkanes of at least 4 members (excludes halogenated alkanes) is 2. The molecule has 3 aromatic rings. The number of Topliss-reactive ketones (excluding diaryl/α,β-unsaturated/α-hetero) is 2. The lowest BCUT2D eigenvalue weighted by atomic mass is 9.86. The Morgan fingerprint density at radius 2 is 1.65 bits per heavy atom. The Morgan fingerprint density at radius 3 is 2.35 bits per heavy atom. The Hall–Kier alpha value is -6.47. The SMILES string of the molecule is CC[C@@]1(O)C(=O)OCc2c1cc1n(c2=O)Cc2c-1nc1cc(F)c(C)cc1c2CNC(=O)COCNC(=O)[C@H](C)CC(=O)[C@@H](C)NC(=O)[C@H](C)CC(=O)CCCCCN1C(=O)C=CC1=O. The molecule has 2 aromatic heterocycles.